The van der Waals surface area contributed by atoms with E-state index in [4.69, 9.17) is 5.73 Å². The van der Waals surface area contributed by atoms with Crippen molar-refractivity contribution in [3.05, 3.63) is 23.8 Å². The van der Waals surface area contributed by atoms with E-state index in [1.807, 2.05) is 18.4 Å². The largest absolute Gasteiger partial charge is 0.398 e. The number of hydrogen-bond donors (Lipinski definition) is 2. The SMILES string of the molecule is CSc1ccc(N)c(C(=O)NCC2CC2)c1. The maximum Gasteiger partial charge on any atom is 0.253 e. The van der Waals surface area contributed by atoms with Crippen LogP contribution in [0.15, 0.2) is 23.1 Å². The third kappa shape index (κ3) is 2.70. The molecule has 0 spiro atoms. The fourth-order valence-corrected chi connectivity index (χ4v) is 1.95. The topological polar surface area (TPSA) is 55.1 Å². The van der Waals surface area contributed by atoms with Crippen molar-refractivity contribution in [2.45, 2.75) is 17.7 Å². The van der Waals surface area contributed by atoms with E-state index >= 15 is 0 Å². The van der Waals surface area contributed by atoms with Gasteiger partial charge in [0.15, 0.2) is 0 Å². The van der Waals surface area contributed by atoms with Crippen LogP contribution in [0.25, 0.3) is 0 Å². The summed E-state index contributed by atoms with van der Waals surface area (Å²) in [4.78, 5) is 12.9. The minimum Gasteiger partial charge on any atom is -0.398 e. The normalized spacial score (nSPS) is 14.8. The number of carbonyl (C=O) groups is 1. The number of nitrogens with two attached hydrogens (primary N) is 1. The van der Waals surface area contributed by atoms with Crippen LogP contribution in [0, 0.1) is 5.92 Å². The van der Waals surface area contributed by atoms with Gasteiger partial charge >= 0.3 is 0 Å². The first-order valence-electron chi connectivity index (χ1n) is 5.42. The third-order valence-corrected chi connectivity index (χ3v) is 3.48. The van der Waals surface area contributed by atoms with Crippen molar-refractivity contribution in [2.24, 2.45) is 5.92 Å². The Bertz CT molecular complexity index is 402. The summed E-state index contributed by atoms with van der Waals surface area (Å²) in [5, 5.41) is 2.92. The Labute approximate surface area is 99.8 Å². The minimum atomic E-state index is -0.0553. The Balaban J connectivity index is 2.07. The molecular weight excluding hydrogens is 220 g/mol. The molecule has 0 saturated heterocycles. The first-order chi connectivity index (χ1) is 7.70. The second-order valence-corrected chi connectivity index (χ2v) is 4.99. The first-order valence-corrected chi connectivity index (χ1v) is 6.65. The molecule has 4 heteroatoms. The highest BCUT2D eigenvalue weighted by atomic mass is 32.2. The van der Waals surface area contributed by atoms with Gasteiger partial charge in [-0.2, -0.15) is 0 Å². The highest BCUT2D eigenvalue weighted by molar-refractivity contribution is 7.98. The van der Waals surface area contributed by atoms with E-state index in [0.29, 0.717) is 17.2 Å². The van der Waals surface area contributed by atoms with Gasteiger partial charge in [0.1, 0.15) is 0 Å². The van der Waals surface area contributed by atoms with E-state index < -0.39 is 0 Å². The molecule has 0 heterocycles. The molecule has 16 heavy (non-hydrogen) atoms. The van der Waals surface area contributed by atoms with Crippen molar-refractivity contribution in [1.29, 1.82) is 0 Å². The van der Waals surface area contributed by atoms with E-state index in [1.165, 1.54) is 12.8 Å². The lowest BCUT2D eigenvalue weighted by Gasteiger charge is -2.08. The zero-order valence-corrected chi connectivity index (χ0v) is 10.1. The predicted octanol–water partition coefficient (Wildman–Crippen LogP) is 2.13. The molecule has 0 atom stereocenters. The molecular formula is C12H16N2OS. The van der Waals surface area contributed by atoms with E-state index in [9.17, 15) is 4.79 Å². The van der Waals surface area contributed by atoms with Crippen LogP contribution < -0.4 is 11.1 Å². The Kier molecular flexibility index (Phi) is 3.39. The van der Waals surface area contributed by atoms with Gasteiger partial charge in [-0.25, -0.2) is 0 Å². The number of carbonyl (C=O) groups excluding carboxylic acids is 1. The van der Waals surface area contributed by atoms with Crippen LogP contribution in [-0.4, -0.2) is 18.7 Å². The van der Waals surface area contributed by atoms with Crippen LogP contribution in [0.5, 0.6) is 0 Å². The molecule has 1 aliphatic rings. The summed E-state index contributed by atoms with van der Waals surface area (Å²) in [6.07, 6.45) is 4.46. The average molecular weight is 236 g/mol. The Morgan fingerprint density at radius 1 is 1.56 bits per heavy atom. The molecule has 0 unspecified atom stereocenters. The zero-order valence-electron chi connectivity index (χ0n) is 9.32. The molecule has 86 valence electrons. The van der Waals surface area contributed by atoms with Gasteiger partial charge < -0.3 is 11.1 Å². The Hall–Kier alpha value is -1.16. The minimum absolute atomic E-state index is 0.0553. The second kappa shape index (κ2) is 4.78. The molecule has 3 N–H and O–H groups in total. The van der Waals surface area contributed by atoms with Crippen LogP contribution >= 0.6 is 11.8 Å². The number of benzene rings is 1. The molecule has 1 aromatic rings. The van der Waals surface area contributed by atoms with E-state index in [2.05, 4.69) is 5.32 Å². The lowest BCUT2D eigenvalue weighted by molar-refractivity contribution is 0.0952. The monoisotopic (exact) mass is 236 g/mol. The number of amides is 1. The first kappa shape index (κ1) is 11.3. The van der Waals surface area contributed by atoms with Crippen molar-refractivity contribution < 1.29 is 4.79 Å². The van der Waals surface area contributed by atoms with E-state index in [0.717, 1.165) is 11.4 Å². The van der Waals surface area contributed by atoms with Crippen molar-refractivity contribution >= 4 is 23.4 Å². The Morgan fingerprint density at radius 2 is 2.31 bits per heavy atom. The van der Waals surface area contributed by atoms with Crippen molar-refractivity contribution in [1.82, 2.24) is 5.32 Å². The highest BCUT2D eigenvalue weighted by Crippen LogP contribution is 2.28. The molecule has 0 aromatic heterocycles. The molecule has 0 bridgehead atoms. The number of nitrogens with one attached hydrogen (secondary N) is 1. The summed E-state index contributed by atoms with van der Waals surface area (Å²) in [7, 11) is 0. The van der Waals surface area contributed by atoms with Crippen molar-refractivity contribution in [3.63, 3.8) is 0 Å². The summed E-state index contributed by atoms with van der Waals surface area (Å²) in [5.41, 5.74) is 6.93. The number of nitrogen functional groups attached to an aromatic ring is 1. The van der Waals surface area contributed by atoms with Crippen molar-refractivity contribution in [2.75, 3.05) is 18.5 Å². The van der Waals surface area contributed by atoms with Crippen LogP contribution in [0.4, 0.5) is 5.69 Å². The van der Waals surface area contributed by atoms with Gasteiger partial charge in [0.2, 0.25) is 0 Å². The van der Waals surface area contributed by atoms with Crippen LogP contribution in [0.3, 0.4) is 0 Å². The summed E-state index contributed by atoms with van der Waals surface area (Å²) in [6, 6.07) is 5.57. The Morgan fingerprint density at radius 3 is 2.94 bits per heavy atom. The average Bonchev–Trinajstić information content (AvgIpc) is 3.10. The van der Waals surface area contributed by atoms with Gasteiger partial charge in [0, 0.05) is 17.1 Å². The van der Waals surface area contributed by atoms with Gasteiger partial charge in [-0.1, -0.05) is 0 Å². The van der Waals surface area contributed by atoms with Crippen LogP contribution in [-0.2, 0) is 0 Å². The number of thioether (sulfide) groups is 1. The standard InChI is InChI=1S/C12H16N2OS/c1-16-9-4-5-11(13)10(6-9)12(15)14-7-8-2-3-8/h4-6,8H,2-3,7,13H2,1H3,(H,14,15). The molecule has 0 radical (unpaired) electrons. The summed E-state index contributed by atoms with van der Waals surface area (Å²) in [5.74, 6) is 0.634. The fraction of sp³-hybridized carbons (Fsp3) is 0.417. The summed E-state index contributed by atoms with van der Waals surface area (Å²) in [6.45, 7) is 0.780. The zero-order chi connectivity index (χ0) is 11.5. The van der Waals surface area contributed by atoms with Crippen molar-refractivity contribution in [3.8, 4) is 0 Å². The quantitative estimate of drug-likeness (QED) is 0.622. The van der Waals surface area contributed by atoms with Gasteiger partial charge in [-0.3, -0.25) is 4.79 Å². The molecule has 3 nitrogen and oxygen atoms in total. The van der Waals surface area contributed by atoms with Gasteiger partial charge in [0.25, 0.3) is 5.91 Å². The van der Waals surface area contributed by atoms with Gasteiger partial charge in [0.05, 0.1) is 5.56 Å². The molecule has 2 rings (SSSR count). The summed E-state index contributed by atoms with van der Waals surface area (Å²) >= 11 is 1.61. The van der Waals surface area contributed by atoms with E-state index in [-0.39, 0.29) is 5.91 Å². The molecule has 1 aliphatic carbocycles. The lowest BCUT2D eigenvalue weighted by atomic mass is 10.1. The fourth-order valence-electron chi connectivity index (χ4n) is 1.51. The maximum absolute atomic E-state index is 11.9. The number of hydrogen-bond acceptors (Lipinski definition) is 3. The smallest absolute Gasteiger partial charge is 0.253 e. The van der Waals surface area contributed by atoms with Crippen LogP contribution in [0.1, 0.15) is 23.2 Å². The third-order valence-electron chi connectivity index (χ3n) is 2.75. The molecule has 1 fully saturated rings. The highest BCUT2D eigenvalue weighted by Gasteiger charge is 2.22. The molecule has 1 aromatic carbocycles. The van der Waals surface area contributed by atoms with Crippen LogP contribution in [0.2, 0.25) is 0 Å². The van der Waals surface area contributed by atoms with E-state index in [1.54, 1.807) is 17.8 Å². The van der Waals surface area contributed by atoms with Gasteiger partial charge in [-0.15, -0.1) is 11.8 Å². The lowest BCUT2D eigenvalue weighted by Crippen LogP contribution is -2.26. The second-order valence-electron chi connectivity index (χ2n) is 4.11. The molecule has 0 aliphatic heterocycles. The molecule has 1 saturated carbocycles. The maximum atomic E-state index is 11.9. The van der Waals surface area contributed by atoms with Gasteiger partial charge in [-0.05, 0) is 43.2 Å². The predicted molar refractivity (Wildman–Crippen MR) is 67.7 cm³/mol. The number of rotatable bonds is 4. The molecule has 1 amide bonds. The summed E-state index contributed by atoms with van der Waals surface area (Å²) < 4.78 is 0. The number of anilines is 1.